The third kappa shape index (κ3) is 9.77. The Labute approximate surface area is 174 Å². The number of halogens is 3. The quantitative estimate of drug-likeness (QED) is 0.441. The van der Waals surface area contributed by atoms with Crippen molar-refractivity contribution in [1.82, 2.24) is 29.9 Å². The maximum absolute atomic E-state index is 12.2. The van der Waals surface area contributed by atoms with Gasteiger partial charge in [0.1, 0.15) is 12.2 Å². The van der Waals surface area contributed by atoms with Gasteiger partial charge in [0.25, 0.3) is 0 Å². The van der Waals surface area contributed by atoms with Gasteiger partial charge in [-0.3, -0.25) is 0 Å². The Kier molecular flexibility index (Phi) is 11.4. The summed E-state index contributed by atoms with van der Waals surface area (Å²) in [5.41, 5.74) is 0. The Bertz CT molecular complexity index is 850. The molecule has 0 unspecified atom stereocenters. The number of aliphatic hydroxyl groups is 4. The molecule has 3 rings (SSSR count). The van der Waals surface area contributed by atoms with Gasteiger partial charge in [0.15, 0.2) is 34.9 Å². The van der Waals surface area contributed by atoms with Crippen LogP contribution < -0.4 is 0 Å². The highest BCUT2D eigenvalue weighted by Gasteiger charge is 2.08. The predicted molar refractivity (Wildman–Crippen MR) is 100 cm³/mol. The van der Waals surface area contributed by atoms with Gasteiger partial charge in [-0.1, -0.05) is 6.58 Å². The largest absolute Gasteiger partial charge is 0.393 e. The summed E-state index contributed by atoms with van der Waals surface area (Å²) < 4.78 is 36.4. The van der Waals surface area contributed by atoms with E-state index in [-0.39, 0.29) is 11.6 Å². The smallest absolute Gasteiger partial charge is 0.159 e. The Morgan fingerprint density at radius 1 is 0.677 bits per heavy atom. The van der Waals surface area contributed by atoms with Gasteiger partial charge >= 0.3 is 0 Å². The van der Waals surface area contributed by atoms with Crippen LogP contribution in [0.4, 0.5) is 13.2 Å². The molecule has 166 valence electrons. The maximum Gasteiger partial charge on any atom is 0.159 e. The van der Waals surface area contributed by atoms with E-state index in [1.807, 2.05) is 0 Å². The molecule has 0 amide bonds. The minimum atomic E-state index is -1.13. The molecular weight excluding hydrogens is 421 g/mol. The lowest BCUT2D eigenvalue weighted by atomic mass is 10.3. The molecule has 31 heavy (non-hydrogen) atoms. The van der Waals surface area contributed by atoms with Crippen molar-refractivity contribution in [2.24, 2.45) is 0 Å². The molecule has 13 heteroatoms. The molecule has 0 aromatic carbocycles. The van der Waals surface area contributed by atoms with Crippen LogP contribution in [0.1, 0.15) is 29.7 Å². The molecule has 0 aliphatic carbocycles. The fourth-order valence-electron chi connectivity index (χ4n) is 1.58. The van der Waals surface area contributed by atoms with Crippen LogP contribution in [-0.4, -0.2) is 63.5 Å². The Morgan fingerprint density at radius 2 is 0.968 bits per heavy atom. The fourth-order valence-corrected chi connectivity index (χ4v) is 1.58. The molecule has 0 aliphatic heterocycles. The standard InChI is InChI=1S/2C6H7FN2O2.C6H5FN2/c2*7-4-1-8-6(9-2-4)5(11)3-10;1-2-6-8-3-5(7)4-9-6/h2*1-2,5,10-11H,3H2;2-4H,1H2/t2*5-;/m10./s1. The van der Waals surface area contributed by atoms with Crippen molar-refractivity contribution in [3.63, 3.8) is 0 Å². The van der Waals surface area contributed by atoms with Crippen molar-refractivity contribution in [3.8, 4) is 0 Å². The molecule has 0 radical (unpaired) electrons. The highest BCUT2D eigenvalue weighted by molar-refractivity contribution is 5.34. The van der Waals surface area contributed by atoms with Crippen LogP contribution >= 0.6 is 0 Å². The van der Waals surface area contributed by atoms with Gasteiger partial charge in [0.05, 0.1) is 50.4 Å². The minimum Gasteiger partial charge on any atom is -0.393 e. The number of hydrogen-bond donors (Lipinski definition) is 4. The molecule has 3 aromatic rings. The van der Waals surface area contributed by atoms with Crippen LogP contribution in [0.5, 0.6) is 0 Å². The lowest BCUT2D eigenvalue weighted by molar-refractivity contribution is 0.0884. The van der Waals surface area contributed by atoms with Crippen LogP contribution in [-0.2, 0) is 0 Å². The summed E-state index contributed by atoms with van der Waals surface area (Å²) in [4.78, 5) is 21.0. The van der Waals surface area contributed by atoms with Crippen molar-refractivity contribution in [2.45, 2.75) is 12.2 Å². The minimum absolute atomic E-state index is 0.0221. The molecular formula is C18H19F3N6O4. The first kappa shape index (κ1) is 25.6. The lowest BCUT2D eigenvalue weighted by Crippen LogP contribution is -2.07. The van der Waals surface area contributed by atoms with Gasteiger partial charge in [-0.2, -0.15) is 0 Å². The Hall–Kier alpha value is -3.39. The van der Waals surface area contributed by atoms with E-state index in [9.17, 15) is 13.2 Å². The summed E-state index contributed by atoms with van der Waals surface area (Å²) in [5.74, 6) is -1.09. The van der Waals surface area contributed by atoms with Crippen molar-refractivity contribution in [2.75, 3.05) is 13.2 Å². The molecule has 0 bridgehead atoms. The van der Waals surface area contributed by atoms with Gasteiger partial charge in [-0.15, -0.1) is 0 Å². The molecule has 2 atom stereocenters. The Morgan fingerprint density at radius 3 is 1.23 bits per heavy atom. The van der Waals surface area contributed by atoms with E-state index in [1.165, 1.54) is 6.08 Å². The second-order valence-electron chi connectivity index (χ2n) is 5.38. The molecule has 0 spiro atoms. The zero-order valence-corrected chi connectivity index (χ0v) is 15.9. The van der Waals surface area contributed by atoms with Gasteiger partial charge in [-0.25, -0.2) is 43.1 Å². The monoisotopic (exact) mass is 440 g/mol. The van der Waals surface area contributed by atoms with Crippen LogP contribution in [0, 0.1) is 17.5 Å². The zero-order valence-electron chi connectivity index (χ0n) is 15.9. The van der Waals surface area contributed by atoms with Gasteiger partial charge in [-0.05, 0) is 6.08 Å². The first-order chi connectivity index (χ1) is 14.8. The van der Waals surface area contributed by atoms with E-state index < -0.39 is 42.9 Å². The maximum atomic E-state index is 12.2. The second-order valence-corrected chi connectivity index (χ2v) is 5.38. The van der Waals surface area contributed by atoms with E-state index in [0.717, 1.165) is 37.2 Å². The number of nitrogens with zero attached hydrogens (tertiary/aromatic N) is 6. The normalized spacial score (nSPS) is 11.8. The molecule has 0 saturated carbocycles. The van der Waals surface area contributed by atoms with Crippen molar-refractivity contribution >= 4 is 6.08 Å². The van der Waals surface area contributed by atoms with Crippen LogP contribution in [0.25, 0.3) is 6.08 Å². The number of aromatic nitrogens is 6. The zero-order chi connectivity index (χ0) is 23.2. The Balaban J connectivity index is 0.000000234. The third-order valence-corrected chi connectivity index (χ3v) is 3.05. The topological polar surface area (TPSA) is 158 Å². The van der Waals surface area contributed by atoms with Crippen molar-refractivity contribution in [1.29, 1.82) is 0 Å². The van der Waals surface area contributed by atoms with E-state index in [2.05, 4.69) is 36.5 Å². The number of aliphatic hydroxyl groups excluding tert-OH is 4. The molecule has 10 nitrogen and oxygen atoms in total. The summed E-state index contributed by atoms with van der Waals surface area (Å²) >= 11 is 0. The molecule has 0 fully saturated rings. The van der Waals surface area contributed by atoms with E-state index in [4.69, 9.17) is 20.4 Å². The molecule has 0 aliphatic rings. The first-order valence-corrected chi connectivity index (χ1v) is 8.43. The summed E-state index contributed by atoms with van der Waals surface area (Å²) in [7, 11) is 0. The van der Waals surface area contributed by atoms with Crippen LogP contribution in [0.2, 0.25) is 0 Å². The lowest BCUT2D eigenvalue weighted by Gasteiger charge is -2.02. The van der Waals surface area contributed by atoms with Crippen LogP contribution in [0.3, 0.4) is 0 Å². The SMILES string of the molecule is C=Cc1ncc(F)cn1.OC[C@@H](O)c1ncc(F)cn1.OC[C@H](O)c1ncc(F)cn1. The fraction of sp³-hybridized carbons (Fsp3) is 0.222. The summed E-state index contributed by atoms with van der Waals surface area (Å²) in [6.07, 6.45) is 5.13. The van der Waals surface area contributed by atoms with Crippen LogP contribution in [0.15, 0.2) is 43.8 Å². The van der Waals surface area contributed by atoms with Gasteiger partial charge in [0.2, 0.25) is 0 Å². The molecule has 0 saturated heterocycles. The molecule has 4 N–H and O–H groups in total. The first-order valence-electron chi connectivity index (χ1n) is 8.43. The van der Waals surface area contributed by atoms with Crippen molar-refractivity contribution < 1.29 is 33.6 Å². The van der Waals surface area contributed by atoms with E-state index in [1.54, 1.807) is 0 Å². The van der Waals surface area contributed by atoms with Gasteiger partial charge < -0.3 is 20.4 Å². The second kappa shape index (κ2) is 13.8. The van der Waals surface area contributed by atoms with Gasteiger partial charge in [0, 0.05) is 0 Å². The molecule has 3 heterocycles. The average molecular weight is 440 g/mol. The summed E-state index contributed by atoms with van der Waals surface area (Å²) in [6, 6.07) is 0. The highest BCUT2D eigenvalue weighted by atomic mass is 19.1. The number of rotatable bonds is 5. The number of hydrogen-bond acceptors (Lipinski definition) is 10. The van der Waals surface area contributed by atoms with E-state index >= 15 is 0 Å². The summed E-state index contributed by atoms with van der Waals surface area (Å²) in [5, 5.41) is 34.7. The average Bonchev–Trinajstić information content (AvgIpc) is 2.80. The summed E-state index contributed by atoms with van der Waals surface area (Å²) in [6.45, 7) is 2.48. The van der Waals surface area contributed by atoms with E-state index in [0.29, 0.717) is 5.82 Å². The molecule has 3 aromatic heterocycles. The highest BCUT2D eigenvalue weighted by Crippen LogP contribution is 2.05. The predicted octanol–water partition coefficient (Wildman–Crippen LogP) is 0.541. The van der Waals surface area contributed by atoms with Crippen molar-refractivity contribution in [3.05, 3.63) is 78.7 Å². The third-order valence-electron chi connectivity index (χ3n) is 3.05.